The van der Waals surface area contributed by atoms with E-state index in [0.29, 0.717) is 34.9 Å². The average molecular weight is 1240 g/mol. The Bertz CT molecular complexity index is 5740. The van der Waals surface area contributed by atoms with Gasteiger partial charge in [0.1, 0.15) is 0 Å². The molecule has 0 N–H and O–H groups in total. The molecule has 6 aromatic heterocycles. The summed E-state index contributed by atoms with van der Waals surface area (Å²) < 4.78 is 9.97. The lowest BCUT2D eigenvalue weighted by Gasteiger charge is -2.21. The number of hydrogen-bond acceptors (Lipinski definition) is 8. The van der Waals surface area contributed by atoms with Crippen molar-refractivity contribution in [3.8, 4) is 102 Å². The van der Waals surface area contributed by atoms with Gasteiger partial charge in [-0.2, -0.15) is 0 Å². The van der Waals surface area contributed by atoms with Crippen LogP contribution in [0.5, 0.6) is 0 Å². The molecule has 0 bridgehead atoms. The Labute approximate surface area is 547 Å². The van der Waals surface area contributed by atoms with Gasteiger partial charge in [0.25, 0.3) is 0 Å². The molecule has 8 nitrogen and oxygen atoms in total. The quantitative estimate of drug-likeness (QED) is 0.136. The average Bonchev–Trinajstić information content (AvgIpc) is 1.58. The van der Waals surface area contributed by atoms with E-state index >= 15 is 0 Å². The molecular formula is C84H50N8S2. The van der Waals surface area contributed by atoms with Crippen molar-refractivity contribution in [3.63, 3.8) is 0 Å². The van der Waals surface area contributed by atoms with Gasteiger partial charge >= 0.3 is 0 Å². The van der Waals surface area contributed by atoms with Crippen molar-refractivity contribution in [2.75, 3.05) is 0 Å². The fourth-order valence-corrected chi connectivity index (χ4v) is 16.6. The van der Waals surface area contributed by atoms with Crippen molar-refractivity contribution < 1.29 is 0 Å². The van der Waals surface area contributed by atoms with E-state index in [9.17, 15) is 0 Å². The van der Waals surface area contributed by atoms with Crippen LogP contribution in [0.2, 0.25) is 0 Å². The molecule has 0 saturated carbocycles. The molecule has 6 heterocycles. The van der Waals surface area contributed by atoms with Crippen LogP contribution in [0.4, 0.5) is 0 Å². The maximum Gasteiger partial charge on any atom is 0.164 e. The van der Waals surface area contributed by atoms with Crippen LogP contribution in [0.1, 0.15) is 0 Å². The Morgan fingerprint density at radius 2 is 0.543 bits per heavy atom. The Morgan fingerprint density at radius 3 is 0.936 bits per heavy atom. The first-order valence-corrected chi connectivity index (χ1v) is 33.1. The predicted octanol–water partition coefficient (Wildman–Crippen LogP) is 22.3. The highest BCUT2D eigenvalue weighted by Gasteiger charge is 2.27. The zero-order valence-corrected chi connectivity index (χ0v) is 51.9. The van der Waals surface area contributed by atoms with Crippen molar-refractivity contribution in [2.45, 2.75) is 0 Å². The number of benzene rings is 13. The predicted molar refractivity (Wildman–Crippen MR) is 391 cm³/mol. The molecule has 0 fully saturated rings. The number of hydrogen-bond donors (Lipinski definition) is 0. The lowest BCUT2D eigenvalue weighted by atomic mass is 9.91. The lowest BCUT2D eigenvalue weighted by molar-refractivity contribution is 1.07. The Balaban J connectivity index is 0.923. The highest BCUT2D eigenvalue weighted by molar-refractivity contribution is 7.27. The third kappa shape index (κ3) is 8.65. The van der Waals surface area contributed by atoms with Crippen LogP contribution < -0.4 is 0 Å². The summed E-state index contributed by atoms with van der Waals surface area (Å²) >= 11 is 3.72. The molecule has 94 heavy (non-hydrogen) atoms. The zero-order chi connectivity index (χ0) is 61.8. The third-order valence-corrected chi connectivity index (χ3v) is 20.7. The summed E-state index contributed by atoms with van der Waals surface area (Å²) in [7, 11) is 0. The normalized spacial score (nSPS) is 11.8. The molecule has 10 heteroatoms. The minimum Gasteiger partial charge on any atom is -0.309 e. The summed E-state index contributed by atoms with van der Waals surface area (Å²) in [5, 5.41) is 9.82. The summed E-state index contributed by atoms with van der Waals surface area (Å²) in [6.45, 7) is 0. The maximum absolute atomic E-state index is 5.49. The molecule has 0 aliphatic carbocycles. The van der Waals surface area contributed by atoms with Gasteiger partial charge in [-0.25, -0.2) is 29.9 Å². The van der Waals surface area contributed by atoms with Gasteiger partial charge < -0.3 is 9.13 Å². The summed E-state index contributed by atoms with van der Waals surface area (Å²) in [6.07, 6.45) is 0. The van der Waals surface area contributed by atoms with Gasteiger partial charge in [-0.05, 0) is 65.7 Å². The first kappa shape index (κ1) is 53.7. The molecule has 0 aliphatic heterocycles. The number of para-hydroxylation sites is 2. The van der Waals surface area contributed by atoms with Gasteiger partial charge in [0.05, 0.1) is 33.4 Å². The van der Waals surface area contributed by atoms with E-state index in [-0.39, 0.29) is 0 Å². The minimum absolute atomic E-state index is 0.550. The first-order chi connectivity index (χ1) is 46.6. The van der Waals surface area contributed by atoms with Crippen LogP contribution in [0.15, 0.2) is 303 Å². The van der Waals surface area contributed by atoms with E-state index in [1.54, 1.807) is 0 Å². The van der Waals surface area contributed by atoms with Crippen molar-refractivity contribution in [2.24, 2.45) is 0 Å². The monoisotopic (exact) mass is 1230 g/mol. The Kier molecular flexibility index (Phi) is 12.5. The number of nitrogens with zero attached hydrogens (tertiary/aromatic N) is 8. The van der Waals surface area contributed by atoms with Crippen LogP contribution in [0.3, 0.4) is 0 Å². The van der Waals surface area contributed by atoms with Gasteiger partial charge in [0.15, 0.2) is 34.9 Å². The van der Waals surface area contributed by atoms with Crippen LogP contribution in [0, 0.1) is 0 Å². The van der Waals surface area contributed by atoms with Crippen LogP contribution in [-0.2, 0) is 0 Å². The van der Waals surface area contributed by atoms with Crippen molar-refractivity contribution in [1.29, 1.82) is 0 Å². The van der Waals surface area contributed by atoms with E-state index < -0.39 is 0 Å². The number of thiophene rings is 2. The van der Waals surface area contributed by atoms with Crippen LogP contribution in [0.25, 0.3) is 186 Å². The van der Waals surface area contributed by atoms with E-state index in [1.165, 1.54) is 61.9 Å². The topological polar surface area (TPSA) is 87.2 Å². The van der Waals surface area contributed by atoms with Crippen molar-refractivity contribution >= 4 is 107 Å². The van der Waals surface area contributed by atoms with Crippen molar-refractivity contribution in [3.05, 3.63) is 303 Å². The second-order valence-corrected chi connectivity index (χ2v) is 25.7. The summed E-state index contributed by atoms with van der Waals surface area (Å²) in [4.78, 5) is 32.4. The molecule has 19 rings (SSSR count). The molecule has 0 spiro atoms. The fraction of sp³-hybridized carbons (Fsp3) is 0. The molecule has 19 aromatic rings. The third-order valence-electron chi connectivity index (χ3n) is 18.2. The lowest BCUT2D eigenvalue weighted by Crippen LogP contribution is -2.05. The molecule has 13 aromatic carbocycles. The summed E-state index contributed by atoms with van der Waals surface area (Å²) in [6, 6.07) is 108. The maximum atomic E-state index is 5.49. The molecule has 0 unspecified atom stereocenters. The van der Waals surface area contributed by atoms with Gasteiger partial charge in [-0.15, -0.1) is 22.7 Å². The van der Waals surface area contributed by atoms with Crippen molar-refractivity contribution in [1.82, 2.24) is 39.0 Å². The minimum atomic E-state index is 0.550. The van der Waals surface area contributed by atoms with E-state index in [4.69, 9.17) is 29.9 Å². The van der Waals surface area contributed by atoms with E-state index in [2.05, 4.69) is 240 Å². The molecule has 0 amide bonds. The molecule has 0 atom stereocenters. The Morgan fingerprint density at radius 1 is 0.223 bits per heavy atom. The standard InChI is InChI=1S/C84H50N8S2/c1-5-24-51(25-6-1)79-85-80(52-26-7-2-8-27-52)88-83(87-79)63-38-22-42-67(91-65-40-17-13-36-61(65)75-69(91)48-46-59-57-34-15-19-44-71(57)93-77(59)75)73(63)55-32-21-33-56(50-55)74-64(84-89-81(53-28-9-3-10-29-53)86-82(90-84)54-30-11-4-12-31-54)39-23-43-68(74)92-66-41-18-14-37-62(66)76-70(92)49-47-60-58-35-16-20-45-72(58)94-78(60)76/h1-50H. The summed E-state index contributed by atoms with van der Waals surface area (Å²) in [5.74, 6) is 3.43. The zero-order valence-electron chi connectivity index (χ0n) is 50.3. The highest BCUT2D eigenvalue weighted by atomic mass is 32.1. The Hall–Kier alpha value is -12.1. The second-order valence-electron chi connectivity index (χ2n) is 23.6. The smallest absolute Gasteiger partial charge is 0.164 e. The molecule has 0 radical (unpaired) electrons. The van der Waals surface area contributed by atoms with Crippen LogP contribution in [-0.4, -0.2) is 39.0 Å². The molecule has 0 saturated heterocycles. The van der Waals surface area contributed by atoms with Gasteiger partial charge in [-0.1, -0.05) is 249 Å². The fourth-order valence-electron chi connectivity index (χ4n) is 14.1. The number of rotatable bonds is 10. The largest absolute Gasteiger partial charge is 0.309 e. The number of fused-ring (bicyclic) bond motifs is 14. The summed E-state index contributed by atoms with van der Waals surface area (Å²) in [5.41, 5.74) is 15.4. The van der Waals surface area contributed by atoms with Crippen LogP contribution >= 0.6 is 22.7 Å². The highest BCUT2D eigenvalue weighted by Crippen LogP contribution is 2.50. The van der Waals surface area contributed by atoms with Gasteiger partial charge in [0, 0.05) is 106 Å². The first-order valence-electron chi connectivity index (χ1n) is 31.4. The van der Waals surface area contributed by atoms with Gasteiger partial charge in [-0.3, -0.25) is 0 Å². The molecular weight excluding hydrogens is 1190 g/mol. The second kappa shape index (κ2) is 21.8. The van der Waals surface area contributed by atoms with E-state index in [1.807, 2.05) is 95.5 Å². The molecule has 438 valence electrons. The number of aromatic nitrogens is 8. The molecule has 0 aliphatic rings. The van der Waals surface area contributed by atoms with Gasteiger partial charge in [0.2, 0.25) is 0 Å². The SMILES string of the molecule is c1ccc(-c2nc(-c3ccccc3)nc(-c3cccc(-n4c5ccccc5c5c6sc7ccccc7c6ccc54)c3-c3cccc(-c4c(-c5nc(-c6ccccc6)nc(-c6ccccc6)n5)cccc4-n4c5ccccc5c5c6sc7ccccc7c6ccc54)c3)n2)cc1. The van der Waals surface area contributed by atoms with E-state index in [0.717, 1.165) is 89.1 Å².